The van der Waals surface area contributed by atoms with Crippen LogP contribution in [0.25, 0.3) is 0 Å². The number of hydrogen-bond donors (Lipinski definition) is 1. The highest BCUT2D eigenvalue weighted by Gasteiger charge is 2.13. The van der Waals surface area contributed by atoms with Crippen LogP contribution in [0.5, 0.6) is 0 Å². The van der Waals surface area contributed by atoms with Crippen LogP contribution >= 0.6 is 11.3 Å². The maximum absolute atomic E-state index is 11.9. The number of allylic oxidation sites excluding steroid dienone is 1. The molecule has 21 heavy (non-hydrogen) atoms. The maximum Gasteiger partial charge on any atom is 0.246 e. The Morgan fingerprint density at radius 2 is 2.00 bits per heavy atom. The van der Waals surface area contributed by atoms with E-state index in [1.807, 2.05) is 13.8 Å². The molecule has 0 fully saturated rings. The lowest BCUT2D eigenvalue weighted by Crippen LogP contribution is -2.34. The minimum absolute atomic E-state index is 0.0122. The zero-order chi connectivity index (χ0) is 16.0. The third-order valence-electron chi connectivity index (χ3n) is 2.47. The van der Waals surface area contributed by atoms with E-state index in [0.717, 1.165) is 17.0 Å². The predicted octanol–water partition coefficient (Wildman–Crippen LogP) is 2.10. The van der Waals surface area contributed by atoms with Crippen molar-refractivity contribution < 1.29 is 9.59 Å². The molecule has 7 heteroatoms. The average Bonchev–Trinajstić information content (AvgIpc) is 2.74. The van der Waals surface area contributed by atoms with Crippen molar-refractivity contribution in [3.05, 3.63) is 16.7 Å². The fourth-order valence-electron chi connectivity index (χ4n) is 1.55. The first-order valence-electron chi connectivity index (χ1n) is 6.80. The normalized spacial score (nSPS) is 10.4. The molecule has 0 aliphatic carbocycles. The summed E-state index contributed by atoms with van der Waals surface area (Å²) in [6, 6.07) is 0. The van der Waals surface area contributed by atoms with Crippen LogP contribution in [0, 0.1) is 5.92 Å². The summed E-state index contributed by atoms with van der Waals surface area (Å²) in [6.07, 6.45) is 2.34. The van der Waals surface area contributed by atoms with E-state index >= 15 is 0 Å². The van der Waals surface area contributed by atoms with Gasteiger partial charge in [0.05, 0.1) is 6.54 Å². The van der Waals surface area contributed by atoms with E-state index in [1.165, 1.54) is 22.3 Å². The predicted molar refractivity (Wildman–Crippen MR) is 84.1 cm³/mol. The molecule has 1 rings (SSSR count). The summed E-state index contributed by atoms with van der Waals surface area (Å²) in [5.41, 5.74) is 0.898. The molecule has 0 saturated carbocycles. The number of carbonyl (C=O) groups excluding carboxylic acids is 2. The van der Waals surface area contributed by atoms with Gasteiger partial charge in [-0.3, -0.25) is 14.9 Å². The van der Waals surface area contributed by atoms with Crippen molar-refractivity contribution in [3.8, 4) is 0 Å². The van der Waals surface area contributed by atoms with Crippen molar-refractivity contribution >= 4 is 28.3 Å². The molecule has 1 aromatic rings. The first-order valence-corrected chi connectivity index (χ1v) is 7.61. The van der Waals surface area contributed by atoms with Gasteiger partial charge in [-0.2, -0.15) is 0 Å². The van der Waals surface area contributed by atoms with Gasteiger partial charge in [0, 0.05) is 19.5 Å². The number of nitrogens with one attached hydrogen (secondary N) is 1. The van der Waals surface area contributed by atoms with Crippen molar-refractivity contribution in [2.24, 2.45) is 5.92 Å². The molecule has 0 radical (unpaired) electrons. The molecule has 6 nitrogen and oxygen atoms in total. The molecule has 0 aromatic carbocycles. The van der Waals surface area contributed by atoms with Crippen LogP contribution in [-0.2, 0) is 16.0 Å². The number of hydrogen-bond acceptors (Lipinski definition) is 5. The Hall–Kier alpha value is -1.76. The van der Waals surface area contributed by atoms with Gasteiger partial charge in [-0.05, 0) is 19.8 Å². The quantitative estimate of drug-likeness (QED) is 0.816. The van der Waals surface area contributed by atoms with Gasteiger partial charge in [-0.15, -0.1) is 10.2 Å². The molecule has 0 atom stereocenters. The third kappa shape index (κ3) is 6.48. The Morgan fingerprint density at radius 1 is 1.33 bits per heavy atom. The smallest absolute Gasteiger partial charge is 0.246 e. The summed E-state index contributed by atoms with van der Waals surface area (Å²) >= 11 is 1.37. The molecular weight excluding hydrogens is 288 g/mol. The van der Waals surface area contributed by atoms with Gasteiger partial charge in [0.15, 0.2) is 0 Å². The van der Waals surface area contributed by atoms with E-state index in [1.54, 1.807) is 7.05 Å². The van der Waals surface area contributed by atoms with Gasteiger partial charge in [0.2, 0.25) is 16.9 Å². The summed E-state index contributed by atoms with van der Waals surface area (Å²) in [7, 11) is 1.59. The molecule has 0 spiro atoms. The lowest BCUT2D eigenvalue weighted by molar-refractivity contribution is -0.129. The van der Waals surface area contributed by atoms with E-state index in [2.05, 4.69) is 29.4 Å². The van der Waals surface area contributed by atoms with Crippen LogP contribution in [0.2, 0.25) is 0 Å². The van der Waals surface area contributed by atoms with E-state index in [-0.39, 0.29) is 18.4 Å². The van der Waals surface area contributed by atoms with Gasteiger partial charge >= 0.3 is 0 Å². The zero-order valence-electron chi connectivity index (χ0n) is 13.1. The monoisotopic (exact) mass is 310 g/mol. The van der Waals surface area contributed by atoms with Crippen LogP contribution in [-0.4, -0.2) is 40.5 Å². The lowest BCUT2D eigenvalue weighted by atomic mass is 10.1. The van der Waals surface area contributed by atoms with Crippen molar-refractivity contribution in [2.45, 2.75) is 34.1 Å². The largest absolute Gasteiger partial charge is 0.333 e. The highest BCUT2D eigenvalue weighted by atomic mass is 32.1. The van der Waals surface area contributed by atoms with E-state index < -0.39 is 0 Å². The lowest BCUT2D eigenvalue weighted by Gasteiger charge is -2.14. The number of carbonyl (C=O) groups is 2. The third-order valence-corrected chi connectivity index (χ3v) is 3.33. The summed E-state index contributed by atoms with van der Waals surface area (Å²) in [6.45, 7) is 7.86. The van der Waals surface area contributed by atoms with E-state index in [4.69, 9.17) is 0 Å². The second-order valence-electron chi connectivity index (χ2n) is 5.56. The van der Waals surface area contributed by atoms with Crippen LogP contribution < -0.4 is 5.32 Å². The molecule has 0 aliphatic heterocycles. The molecule has 2 amide bonds. The Labute approximate surface area is 129 Å². The zero-order valence-corrected chi connectivity index (χ0v) is 14.0. The number of rotatable bonds is 6. The first kappa shape index (κ1) is 17.3. The summed E-state index contributed by atoms with van der Waals surface area (Å²) in [5.74, 6) is 0.0255. The van der Waals surface area contributed by atoms with E-state index in [0.29, 0.717) is 11.0 Å². The number of anilines is 1. The van der Waals surface area contributed by atoms with Gasteiger partial charge in [0.25, 0.3) is 0 Å². The van der Waals surface area contributed by atoms with Crippen LogP contribution in [0.3, 0.4) is 0 Å². The molecule has 116 valence electrons. The standard InChI is InChI=1S/C14H22N4O2S/c1-9(2)6-12-16-17-14(21-12)15-11(19)8-18(5)13(20)7-10(3)4/h7,9H,6,8H2,1-5H3,(H,15,17,19). The summed E-state index contributed by atoms with van der Waals surface area (Å²) in [4.78, 5) is 24.9. The van der Waals surface area contributed by atoms with Gasteiger partial charge in [-0.1, -0.05) is 30.8 Å². The van der Waals surface area contributed by atoms with Crippen molar-refractivity contribution in [1.82, 2.24) is 15.1 Å². The topological polar surface area (TPSA) is 75.2 Å². The number of aromatic nitrogens is 2. The molecule has 1 aromatic heterocycles. The Balaban J connectivity index is 2.52. The highest BCUT2D eigenvalue weighted by Crippen LogP contribution is 2.18. The van der Waals surface area contributed by atoms with Gasteiger partial charge in [-0.25, -0.2) is 0 Å². The second-order valence-corrected chi connectivity index (χ2v) is 6.63. The minimum Gasteiger partial charge on any atom is -0.333 e. The molecule has 0 unspecified atom stereocenters. The van der Waals surface area contributed by atoms with Crippen LogP contribution in [0.1, 0.15) is 32.7 Å². The minimum atomic E-state index is -0.278. The van der Waals surface area contributed by atoms with Crippen LogP contribution in [0.4, 0.5) is 5.13 Å². The molecule has 0 aliphatic rings. The Morgan fingerprint density at radius 3 is 2.57 bits per heavy atom. The molecule has 1 N–H and O–H groups in total. The number of amides is 2. The summed E-state index contributed by atoms with van der Waals surface area (Å²) in [5, 5.41) is 12.0. The van der Waals surface area contributed by atoms with Gasteiger partial charge in [0.1, 0.15) is 5.01 Å². The fourth-order valence-corrected chi connectivity index (χ4v) is 2.51. The highest BCUT2D eigenvalue weighted by molar-refractivity contribution is 7.15. The molecule has 0 bridgehead atoms. The van der Waals surface area contributed by atoms with Crippen molar-refractivity contribution in [2.75, 3.05) is 18.9 Å². The number of likely N-dealkylation sites (N-methyl/N-ethyl adjacent to an activating group) is 1. The van der Waals surface area contributed by atoms with Gasteiger partial charge < -0.3 is 4.90 Å². The Bertz CT molecular complexity index is 533. The van der Waals surface area contributed by atoms with Crippen molar-refractivity contribution in [3.63, 3.8) is 0 Å². The van der Waals surface area contributed by atoms with E-state index in [9.17, 15) is 9.59 Å². The van der Waals surface area contributed by atoms with Crippen LogP contribution in [0.15, 0.2) is 11.6 Å². The second kappa shape index (κ2) is 7.87. The maximum atomic E-state index is 11.9. The number of nitrogens with zero attached hydrogens (tertiary/aromatic N) is 3. The average molecular weight is 310 g/mol. The van der Waals surface area contributed by atoms with Crippen molar-refractivity contribution in [1.29, 1.82) is 0 Å². The SMILES string of the molecule is CC(C)=CC(=O)N(C)CC(=O)Nc1nnc(CC(C)C)s1. The Kier molecular flexibility index (Phi) is 6.48. The molecule has 0 saturated heterocycles. The summed E-state index contributed by atoms with van der Waals surface area (Å²) < 4.78 is 0. The fraction of sp³-hybridized carbons (Fsp3) is 0.571. The molecular formula is C14H22N4O2S. The first-order chi connectivity index (χ1) is 9.77. The molecule has 1 heterocycles.